The summed E-state index contributed by atoms with van der Waals surface area (Å²) in [7, 11) is 0. The van der Waals surface area contributed by atoms with E-state index in [1.54, 1.807) is 6.92 Å². The SMILES string of the molecule is CCOC(=O)NN=Cc1ccc(F)cc1F. The predicted molar refractivity (Wildman–Crippen MR) is 54.1 cm³/mol. The van der Waals surface area contributed by atoms with Gasteiger partial charge in [-0.25, -0.2) is 19.0 Å². The number of nitrogens with one attached hydrogen (secondary N) is 1. The molecule has 6 heteroatoms. The van der Waals surface area contributed by atoms with Gasteiger partial charge in [0.15, 0.2) is 0 Å². The number of carbonyl (C=O) groups is 1. The third kappa shape index (κ3) is 3.64. The van der Waals surface area contributed by atoms with Crippen LogP contribution in [0.1, 0.15) is 12.5 Å². The Labute approximate surface area is 90.9 Å². The molecule has 86 valence electrons. The van der Waals surface area contributed by atoms with Gasteiger partial charge in [-0.15, -0.1) is 0 Å². The number of ether oxygens (including phenoxy) is 1. The van der Waals surface area contributed by atoms with E-state index in [4.69, 9.17) is 0 Å². The van der Waals surface area contributed by atoms with Gasteiger partial charge in [-0.2, -0.15) is 5.10 Å². The molecule has 16 heavy (non-hydrogen) atoms. The summed E-state index contributed by atoms with van der Waals surface area (Å²) in [6.07, 6.45) is 0.326. The molecule has 0 saturated carbocycles. The number of hydrogen-bond acceptors (Lipinski definition) is 3. The highest BCUT2D eigenvalue weighted by atomic mass is 19.1. The third-order valence-corrected chi connectivity index (χ3v) is 1.60. The van der Waals surface area contributed by atoms with Gasteiger partial charge in [-0.1, -0.05) is 0 Å². The van der Waals surface area contributed by atoms with Crippen molar-refractivity contribution in [2.24, 2.45) is 5.10 Å². The lowest BCUT2D eigenvalue weighted by Crippen LogP contribution is -2.18. The van der Waals surface area contributed by atoms with Gasteiger partial charge >= 0.3 is 6.09 Å². The first-order valence-corrected chi connectivity index (χ1v) is 4.54. The molecule has 1 rings (SSSR count). The minimum atomic E-state index is -0.755. The van der Waals surface area contributed by atoms with E-state index in [-0.39, 0.29) is 12.2 Å². The van der Waals surface area contributed by atoms with Crippen LogP contribution < -0.4 is 5.43 Å². The topological polar surface area (TPSA) is 50.7 Å². The Kier molecular flexibility index (Phi) is 4.38. The van der Waals surface area contributed by atoms with Crippen molar-refractivity contribution in [3.05, 3.63) is 35.4 Å². The maximum absolute atomic E-state index is 13.0. The van der Waals surface area contributed by atoms with E-state index in [0.29, 0.717) is 0 Å². The smallest absolute Gasteiger partial charge is 0.427 e. The maximum Gasteiger partial charge on any atom is 0.427 e. The number of hydrazone groups is 1. The minimum Gasteiger partial charge on any atom is -0.449 e. The van der Waals surface area contributed by atoms with Gasteiger partial charge in [0.25, 0.3) is 0 Å². The van der Waals surface area contributed by atoms with E-state index in [9.17, 15) is 13.6 Å². The standard InChI is InChI=1S/C10H10F2N2O2/c1-2-16-10(15)14-13-6-7-3-4-8(11)5-9(7)12/h3-6H,2H2,1H3,(H,14,15). The molecule has 0 aliphatic rings. The van der Waals surface area contributed by atoms with Crippen molar-refractivity contribution in [1.29, 1.82) is 0 Å². The molecule has 0 aliphatic carbocycles. The summed E-state index contributed by atoms with van der Waals surface area (Å²) in [6.45, 7) is 1.86. The number of halogens is 2. The van der Waals surface area contributed by atoms with E-state index in [1.165, 1.54) is 6.07 Å². The Balaban J connectivity index is 2.59. The molecule has 0 spiro atoms. The summed E-state index contributed by atoms with van der Waals surface area (Å²) in [5, 5.41) is 3.44. The first-order valence-electron chi connectivity index (χ1n) is 4.54. The first-order chi connectivity index (χ1) is 7.63. The number of hydrogen-bond donors (Lipinski definition) is 1. The van der Waals surface area contributed by atoms with Gasteiger partial charge in [-0.3, -0.25) is 0 Å². The summed E-state index contributed by atoms with van der Waals surface area (Å²) in [5.74, 6) is -1.43. The Morgan fingerprint density at radius 1 is 1.56 bits per heavy atom. The van der Waals surface area contributed by atoms with Crippen LogP contribution in [-0.4, -0.2) is 18.9 Å². The van der Waals surface area contributed by atoms with Gasteiger partial charge in [-0.05, 0) is 19.1 Å². The first kappa shape index (κ1) is 12.1. The van der Waals surface area contributed by atoms with Crippen molar-refractivity contribution in [2.75, 3.05) is 6.61 Å². The van der Waals surface area contributed by atoms with Crippen LogP contribution in [0.5, 0.6) is 0 Å². The average molecular weight is 228 g/mol. The summed E-state index contributed by atoms with van der Waals surface area (Å²) in [4.78, 5) is 10.8. The van der Waals surface area contributed by atoms with Crippen LogP contribution in [0.4, 0.5) is 13.6 Å². The molecule has 0 atom stereocenters. The monoisotopic (exact) mass is 228 g/mol. The third-order valence-electron chi connectivity index (χ3n) is 1.60. The molecule has 0 heterocycles. The van der Waals surface area contributed by atoms with E-state index in [2.05, 4.69) is 9.84 Å². The van der Waals surface area contributed by atoms with Crippen molar-refractivity contribution in [3.8, 4) is 0 Å². The second-order valence-corrected chi connectivity index (χ2v) is 2.76. The lowest BCUT2D eigenvalue weighted by Gasteiger charge is -1.99. The molecular formula is C10H10F2N2O2. The molecule has 1 aromatic carbocycles. The predicted octanol–water partition coefficient (Wildman–Crippen LogP) is 2.04. The normalized spacial score (nSPS) is 10.4. The Hall–Kier alpha value is -1.98. The molecule has 0 unspecified atom stereocenters. The largest absolute Gasteiger partial charge is 0.449 e. The Bertz CT molecular complexity index is 408. The van der Waals surface area contributed by atoms with Crippen LogP contribution in [0.15, 0.2) is 23.3 Å². The van der Waals surface area contributed by atoms with Gasteiger partial charge in [0.1, 0.15) is 11.6 Å². The van der Waals surface area contributed by atoms with Crippen LogP contribution in [0, 0.1) is 11.6 Å². The van der Waals surface area contributed by atoms with Crippen molar-refractivity contribution < 1.29 is 18.3 Å². The van der Waals surface area contributed by atoms with E-state index >= 15 is 0 Å². The molecule has 0 fully saturated rings. The lowest BCUT2D eigenvalue weighted by molar-refractivity contribution is 0.152. The highest BCUT2D eigenvalue weighted by molar-refractivity contribution is 5.81. The van der Waals surface area contributed by atoms with Crippen molar-refractivity contribution in [2.45, 2.75) is 6.92 Å². The van der Waals surface area contributed by atoms with E-state index < -0.39 is 17.7 Å². The number of amides is 1. The number of carbonyl (C=O) groups excluding carboxylic acids is 1. The van der Waals surface area contributed by atoms with Gasteiger partial charge < -0.3 is 4.74 Å². The summed E-state index contributed by atoms with van der Waals surface area (Å²) in [6, 6.07) is 3.03. The van der Waals surface area contributed by atoms with Crippen LogP contribution in [-0.2, 0) is 4.74 Å². The molecule has 0 aliphatic heterocycles. The molecule has 1 aromatic rings. The molecule has 1 amide bonds. The van der Waals surface area contributed by atoms with Crippen LogP contribution in [0.2, 0.25) is 0 Å². The highest BCUT2D eigenvalue weighted by Gasteiger charge is 2.01. The number of nitrogens with zero attached hydrogens (tertiary/aromatic N) is 1. The molecular weight excluding hydrogens is 218 g/mol. The zero-order valence-electron chi connectivity index (χ0n) is 8.54. The molecule has 0 radical (unpaired) electrons. The quantitative estimate of drug-likeness (QED) is 0.635. The van der Waals surface area contributed by atoms with Crippen molar-refractivity contribution in [1.82, 2.24) is 5.43 Å². The summed E-state index contributed by atoms with van der Waals surface area (Å²) in [5.41, 5.74) is 2.09. The second-order valence-electron chi connectivity index (χ2n) is 2.76. The average Bonchev–Trinajstić information content (AvgIpc) is 2.22. The van der Waals surface area contributed by atoms with Gasteiger partial charge in [0.05, 0.1) is 12.8 Å². The van der Waals surface area contributed by atoms with Crippen molar-refractivity contribution in [3.63, 3.8) is 0 Å². The van der Waals surface area contributed by atoms with Crippen LogP contribution in [0.25, 0.3) is 0 Å². The van der Waals surface area contributed by atoms with Gasteiger partial charge in [0.2, 0.25) is 0 Å². The van der Waals surface area contributed by atoms with E-state index in [0.717, 1.165) is 18.3 Å². The fourth-order valence-corrected chi connectivity index (χ4v) is 0.924. The molecule has 0 bridgehead atoms. The van der Waals surface area contributed by atoms with Crippen LogP contribution in [0.3, 0.4) is 0 Å². The lowest BCUT2D eigenvalue weighted by atomic mass is 10.2. The summed E-state index contributed by atoms with van der Waals surface area (Å²) < 4.78 is 30.1. The minimum absolute atomic E-state index is 0.0678. The fraction of sp³-hybridized carbons (Fsp3) is 0.200. The molecule has 0 aromatic heterocycles. The molecule has 1 N–H and O–H groups in total. The van der Waals surface area contributed by atoms with Crippen molar-refractivity contribution >= 4 is 12.3 Å². The van der Waals surface area contributed by atoms with Crippen LogP contribution >= 0.6 is 0 Å². The summed E-state index contributed by atoms with van der Waals surface area (Å²) >= 11 is 0. The number of rotatable bonds is 3. The molecule has 0 saturated heterocycles. The second kappa shape index (κ2) is 5.79. The fourth-order valence-electron chi connectivity index (χ4n) is 0.924. The van der Waals surface area contributed by atoms with Gasteiger partial charge in [0, 0.05) is 11.6 Å². The van der Waals surface area contributed by atoms with E-state index in [1.807, 2.05) is 5.43 Å². The zero-order chi connectivity index (χ0) is 12.0. The number of benzene rings is 1. The maximum atomic E-state index is 13.0. The highest BCUT2D eigenvalue weighted by Crippen LogP contribution is 2.06. The zero-order valence-corrected chi connectivity index (χ0v) is 8.54. The Morgan fingerprint density at radius 3 is 2.94 bits per heavy atom. The Morgan fingerprint density at radius 2 is 2.31 bits per heavy atom. The molecule has 4 nitrogen and oxygen atoms in total.